The summed E-state index contributed by atoms with van der Waals surface area (Å²) in [6, 6.07) is 25.6. The van der Waals surface area contributed by atoms with Crippen molar-refractivity contribution in [3.8, 4) is 11.1 Å². The average molecular weight is 539 g/mol. The zero-order chi connectivity index (χ0) is 28.7. The first-order valence-electron chi connectivity index (χ1n) is 14.1. The molecular formula is C34H42N4O2. The molecule has 4 aromatic rings. The summed E-state index contributed by atoms with van der Waals surface area (Å²) in [5, 5.41) is 10.7. The van der Waals surface area contributed by atoms with Crippen molar-refractivity contribution in [2.45, 2.75) is 71.6 Å². The van der Waals surface area contributed by atoms with E-state index < -0.39 is 17.6 Å². The van der Waals surface area contributed by atoms with Crippen molar-refractivity contribution in [1.29, 1.82) is 0 Å². The second-order valence-electron chi connectivity index (χ2n) is 12.0. The van der Waals surface area contributed by atoms with Gasteiger partial charge in [-0.25, -0.2) is 0 Å². The molecule has 3 aromatic carbocycles. The molecule has 1 aromatic heterocycles. The van der Waals surface area contributed by atoms with E-state index >= 15 is 0 Å². The smallest absolute Gasteiger partial charge is 0.243 e. The lowest BCUT2D eigenvalue weighted by Gasteiger charge is -2.27. The van der Waals surface area contributed by atoms with Crippen molar-refractivity contribution < 1.29 is 9.59 Å². The molecule has 0 unspecified atom stereocenters. The molecule has 0 aliphatic heterocycles. The molecule has 0 radical (unpaired) electrons. The quantitative estimate of drug-likeness (QED) is 0.189. The third-order valence-electron chi connectivity index (χ3n) is 6.87. The Bertz CT molecular complexity index is 1400. The number of benzene rings is 3. The second kappa shape index (κ2) is 13.0. The summed E-state index contributed by atoms with van der Waals surface area (Å²) in [6.45, 7) is 10.6. The van der Waals surface area contributed by atoms with E-state index in [0.717, 1.165) is 27.6 Å². The molecule has 0 spiro atoms. The fourth-order valence-electron chi connectivity index (χ4n) is 4.90. The van der Waals surface area contributed by atoms with Crippen molar-refractivity contribution in [2.24, 2.45) is 5.92 Å². The minimum atomic E-state index is -0.701. The third kappa shape index (κ3) is 8.06. The Labute approximate surface area is 238 Å². The van der Waals surface area contributed by atoms with Gasteiger partial charge >= 0.3 is 0 Å². The molecule has 0 aliphatic rings. The topological polar surface area (TPSA) is 86.0 Å². The van der Waals surface area contributed by atoms with Crippen LogP contribution in [0.4, 0.5) is 0 Å². The van der Waals surface area contributed by atoms with Gasteiger partial charge in [0.15, 0.2) is 0 Å². The summed E-state index contributed by atoms with van der Waals surface area (Å²) in [5.74, 6) is -0.0476. The number of para-hydroxylation sites is 1. The van der Waals surface area contributed by atoms with Crippen LogP contribution in [0.1, 0.15) is 52.2 Å². The van der Waals surface area contributed by atoms with E-state index in [9.17, 15) is 9.59 Å². The predicted molar refractivity (Wildman–Crippen MR) is 164 cm³/mol. The van der Waals surface area contributed by atoms with Crippen molar-refractivity contribution >= 4 is 22.7 Å². The number of aromatic nitrogens is 1. The lowest BCUT2D eigenvalue weighted by Crippen LogP contribution is -2.56. The fourth-order valence-corrected chi connectivity index (χ4v) is 4.90. The van der Waals surface area contributed by atoms with E-state index in [2.05, 4.69) is 71.2 Å². The molecule has 0 bridgehead atoms. The number of fused-ring (bicyclic) bond motifs is 1. The molecule has 6 heteroatoms. The lowest BCUT2D eigenvalue weighted by molar-refractivity contribution is -0.131. The molecule has 40 heavy (non-hydrogen) atoms. The van der Waals surface area contributed by atoms with Crippen molar-refractivity contribution in [3.05, 3.63) is 96.2 Å². The Morgan fingerprint density at radius 2 is 1.45 bits per heavy atom. The maximum Gasteiger partial charge on any atom is 0.243 e. The minimum Gasteiger partial charge on any atom is -0.361 e. The summed E-state index contributed by atoms with van der Waals surface area (Å²) in [7, 11) is 0. The Morgan fingerprint density at radius 1 is 0.800 bits per heavy atom. The van der Waals surface area contributed by atoms with Gasteiger partial charge in [0.1, 0.15) is 6.04 Å². The largest absolute Gasteiger partial charge is 0.361 e. The maximum atomic E-state index is 13.7. The van der Waals surface area contributed by atoms with Gasteiger partial charge in [-0.2, -0.15) is 0 Å². The van der Waals surface area contributed by atoms with Gasteiger partial charge in [-0.1, -0.05) is 86.6 Å². The predicted octanol–water partition coefficient (Wildman–Crippen LogP) is 5.98. The first-order chi connectivity index (χ1) is 19.1. The van der Waals surface area contributed by atoms with E-state index in [1.165, 1.54) is 5.56 Å². The van der Waals surface area contributed by atoms with Crippen molar-refractivity contribution in [2.75, 3.05) is 0 Å². The van der Waals surface area contributed by atoms with E-state index in [1.54, 1.807) is 0 Å². The van der Waals surface area contributed by atoms with E-state index in [4.69, 9.17) is 0 Å². The molecule has 0 saturated carbocycles. The number of amides is 2. The Kier molecular flexibility index (Phi) is 9.43. The van der Waals surface area contributed by atoms with Gasteiger partial charge in [0.2, 0.25) is 11.8 Å². The van der Waals surface area contributed by atoms with Gasteiger partial charge in [0.25, 0.3) is 0 Å². The molecular weight excluding hydrogens is 496 g/mol. The molecule has 2 atom stereocenters. The van der Waals surface area contributed by atoms with Crippen LogP contribution >= 0.6 is 0 Å². The monoisotopic (exact) mass is 538 g/mol. The summed E-state index contributed by atoms with van der Waals surface area (Å²) in [4.78, 5) is 30.3. The van der Waals surface area contributed by atoms with Gasteiger partial charge in [0, 0.05) is 35.6 Å². The summed E-state index contributed by atoms with van der Waals surface area (Å²) in [5.41, 5.74) is 5.02. The molecule has 2 amide bonds. The number of nitrogens with one attached hydrogen (secondary N) is 4. The second-order valence-corrected chi connectivity index (χ2v) is 12.0. The highest BCUT2D eigenvalue weighted by molar-refractivity contribution is 5.91. The maximum absolute atomic E-state index is 13.7. The van der Waals surface area contributed by atoms with E-state index in [1.807, 2.05) is 69.4 Å². The van der Waals surface area contributed by atoms with Crippen LogP contribution in [0, 0.1) is 5.92 Å². The molecule has 6 nitrogen and oxygen atoms in total. The number of carbonyl (C=O) groups is 2. The zero-order valence-electron chi connectivity index (χ0n) is 24.3. The van der Waals surface area contributed by atoms with Gasteiger partial charge in [-0.3, -0.25) is 9.59 Å². The fraction of sp³-hybridized carbons (Fsp3) is 0.353. The SMILES string of the molecule is CC(C)C[C@H](NCc1ccc(-c2ccccc2)cc1)C(=O)N[C@@H](Cc1c[nH]c2ccccc12)C(=O)NC(C)(C)C. The third-order valence-corrected chi connectivity index (χ3v) is 6.87. The summed E-state index contributed by atoms with van der Waals surface area (Å²) >= 11 is 0. The molecule has 1 heterocycles. The number of H-pyrrole nitrogens is 1. The molecule has 210 valence electrons. The van der Waals surface area contributed by atoms with Crippen LogP contribution in [0.2, 0.25) is 0 Å². The highest BCUT2D eigenvalue weighted by Crippen LogP contribution is 2.21. The van der Waals surface area contributed by atoms with Gasteiger partial charge in [0.05, 0.1) is 6.04 Å². The molecule has 0 fully saturated rings. The lowest BCUT2D eigenvalue weighted by atomic mass is 9.99. The van der Waals surface area contributed by atoms with Gasteiger partial charge < -0.3 is 20.9 Å². The van der Waals surface area contributed by atoms with Crippen LogP contribution in [-0.2, 0) is 22.6 Å². The average Bonchev–Trinajstić information content (AvgIpc) is 3.33. The number of rotatable bonds is 11. The Hall–Kier alpha value is -3.90. The van der Waals surface area contributed by atoms with E-state index in [-0.39, 0.29) is 11.8 Å². The van der Waals surface area contributed by atoms with E-state index in [0.29, 0.717) is 25.3 Å². The van der Waals surface area contributed by atoms with Gasteiger partial charge in [-0.15, -0.1) is 0 Å². The van der Waals surface area contributed by atoms with Crippen LogP contribution in [0.15, 0.2) is 85.1 Å². The number of hydrogen-bond donors (Lipinski definition) is 4. The van der Waals surface area contributed by atoms with Crippen LogP contribution in [-0.4, -0.2) is 34.4 Å². The van der Waals surface area contributed by atoms with Crippen LogP contribution in [0.25, 0.3) is 22.0 Å². The number of carbonyl (C=O) groups excluding carboxylic acids is 2. The molecule has 4 N–H and O–H groups in total. The van der Waals surface area contributed by atoms with Crippen molar-refractivity contribution in [1.82, 2.24) is 20.9 Å². The molecule has 4 rings (SSSR count). The Balaban J connectivity index is 1.48. The molecule has 0 saturated heterocycles. The first kappa shape index (κ1) is 29.1. The van der Waals surface area contributed by atoms with Gasteiger partial charge in [-0.05, 0) is 61.4 Å². The summed E-state index contributed by atoms with van der Waals surface area (Å²) in [6.07, 6.45) is 2.98. The van der Waals surface area contributed by atoms with Crippen LogP contribution < -0.4 is 16.0 Å². The zero-order valence-corrected chi connectivity index (χ0v) is 24.3. The minimum absolute atomic E-state index is 0.163. The molecule has 0 aliphatic carbocycles. The number of hydrogen-bond acceptors (Lipinski definition) is 3. The Morgan fingerprint density at radius 3 is 2.12 bits per heavy atom. The summed E-state index contributed by atoms with van der Waals surface area (Å²) < 4.78 is 0. The highest BCUT2D eigenvalue weighted by Gasteiger charge is 2.29. The highest BCUT2D eigenvalue weighted by atomic mass is 16.2. The standard InChI is InChI=1S/C34H42N4O2/c1-23(2)19-30(35-21-24-15-17-26(18-16-24)25-11-7-6-8-12-25)32(39)37-31(33(40)38-34(3,4)5)20-27-22-36-29-14-10-9-13-28(27)29/h6-18,22-23,30-31,35-36H,19-21H2,1-5H3,(H,37,39)(H,38,40)/t30-,31-/m0/s1. The normalized spacial score (nSPS) is 13.2. The number of aromatic amines is 1. The first-order valence-corrected chi connectivity index (χ1v) is 14.1. The van der Waals surface area contributed by atoms with Crippen LogP contribution in [0.5, 0.6) is 0 Å². The van der Waals surface area contributed by atoms with Crippen LogP contribution in [0.3, 0.4) is 0 Å². The van der Waals surface area contributed by atoms with Crippen molar-refractivity contribution in [3.63, 3.8) is 0 Å².